The number of hydrogen-bond acceptors (Lipinski definition) is 5. The minimum atomic E-state index is -0.463. The lowest BCUT2D eigenvalue weighted by Gasteiger charge is -2.15. The lowest BCUT2D eigenvalue weighted by Crippen LogP contribution is -2.29. The van der Waals surface area contributed by atoms with Crippen LogP contribution in [0.5, 0.6) is 0 Å². The van der Waals surface area contributed by atoms with Crippen LogP contribution in [-0.4, -0.2) is 42.4 Å². The molecule has 0 bridgehead atoms. The van der Waals surface area contributed by atoms with E-state index in [9.17, 15) is 14.9 Å². The van der Waals surface area contributed by atoms with Crippen molar-refractivity contribution in [3.8, 4) is 0 Å². The average Bonchev–Trinajstić information content (AvgIpc) is 2.97. The van der Waals surface area contributed by atoms with Crippen molar-refractivity contribution < 1.29 is 9.72 Å². The molecule has 2 heterocycles. The van der Waals surface area contributed by atoms with Crippen molar-refractivity contribution in [3.05, 3.63) is 27.1 Å². The highest BCUT2D eigenvalue weighted by atomic mass is 35.5. The van der Waals surface area contributed by atoms with Crippen LogP contribution in [0.25, 0.3) is 0 Å². The van der Waals surface area contributed by atoms with Crippen molar-refractivity contribution in [1.82, 2.24) is 10.2 Å². The maximum Gasteiger partial charge on any atom is 0.324 e. The summed E-state index contributed by atoms with van der Waals surface area (Å²) in [6.45, 7) is 2.36. The molecule has 0 radical (unpaired) electrons. The Labute approximate surface area is 121 Å². The van der Waals surface area contributed by atoms with Crippen LogP contribution in [0.4, 0.5) is 5.00 Å². The van der Waals surface area contributed by atoms with Crippen LogP contribution < -0.4 is 5.32 Å². The first-order chi connectivity index (χ1) is 8.61. The number of halogens is 1. The summed E-state index contributed by atoms with van der Waals surface area (Å²) in [6.07, 6.45) is 0.986. The summed E-state index contributed by atoms with van der Waals surface area (Å²) >= 11 is 0.945. The van der Waals surface area contributed by atoms with Gasteiger partial charge in [0, 0.05) is 19.2 Å². The maximum atomic E-state index is 12.1. The molecule has 106 valence electrons. The summed E-state index contributed by atoms with van der Waals surface area (Å²) < 4.78 is 0. The van der Waals surface area contributed by atoms with Gasteiger partial charge in [0.05, 0.1) is 9.80 Å². The van der Waals surface area contributed by atoms with Gasteiger partial charge in [-0.1, -0.05) is 11.3 Å². The summed E-state index contributed by atoms with van der Waals surface area (Å²) in [6, 6.07) is 2.93. The predicted octanol–water partition coefficient (Wildman–Crippen LogP) is 1.76. The lowest BCUT2D eigenvalue weighted by atomic mass is 10.1. The number of rotatable bonds is 4. The number of nitrogens with zero attached hydrogens (tertiary/aromatic N) is 2. The fourth-order valence-corrected chi connectivity index (χ4v) is 2.96. The minimum Gasteiger partial charge on any atom is -0.338 e. The third kappa shape index (κ3) is 3.65. The SMILES string of the molecule is CNCC1CCN(C(=O)c2ccc([N+](=O)[O-])s2)C1.Cl. The monoisotopic (exact) mass is 305 g/mol. The van der Waals surface area contributed by atoms with Crippen molar-refractivity contribution in [2.24, 2.45) is 5.92 Å². The zero-order valence-electron chi connectivity index (χ0n) is 10.5. The van der Waals surface area contributed by atoms with Gasteiger partial charge in [0.15, 0.2) is 0 Å². The van der Waals surface area contributed by atoms with Gasteiger partial charge in [0.1, 0.15) is 0 Å². The Balaban J connectivity index is 0.00000180. The first kappa shape index (κ1) is 15.9. The van der Waals surface area contributed by atoms with Crippen LogP contribution >= 0.6 is 23.7 Å². The van der Waals surface area contributed by atoms with E-state index in [0.717, 1.165) is 37.4 Å². The van der Waals surface area contributed by atoms with Gasteiger partial charge in [-0.15, -0.1) is 12.4 Å². The summed E-state index contributed by atoms with van der Waals surface area (Å²) in [5.41, 5.74) is 0. The highest BCUT2D eigenvalue weighted by Gasteiger charge is 2.28. The number of thiophene rings is 1. The molecule has 1 aliphatic rings. The van der Waals surface area contributed by atoms with E-state index in [1.807, 2.05) is 7.05 Å². The van der Waals surface area contributed by atoms with E-state index in [1.165, 1.54) is 12.1 Å². The van der Waals surface area contributed by atoms with Crippen LogP contribution in [0.1, 0.15) is 16.1 Å². The average molecular weight is 306 g/mol. The van der Waals surface area contributed by atoms with Gasteiger partial charge in [-0.2, -0.15) is 0 Å². The highest BCUT2D eigenvalue weighted by Crippen LogP contribution is 2.27. The van der Waals surface area contributed by atoms with Crippen molar-refractivity contribution in [3.63, 3.8) is 0 Å². The van der Waals surface area contributed by atoms with E-state index in [2.05, 4.69) is 5.32 Å². The minimum absolute atomic E-state index is 0. The van der Waals surface area contributed by atoms with Crippen LogP contribution in [0, 0.1) is 16.0 Å². The fraction of sp³-hybridized carbons (Fsp3) is 0.545. The zero-order chi connectivity index (χ0) is 13.1. The van der Waals surface area contributed by atoms with Crippen molar-refractivity contribution in [2.75, 3.05) is 26.7 Å². The third-order valence-corrected chi connectivity index (χ3v) is 4.07. The predicted molar refractivity (Wildman–Crippen MR) is 76.2 cm³/mol. The Morgan fingerprint density at radius 3 is 2.95 bits per heavy atom. The van der Waals surface area contributed by atoms with E-state index in [4.69, 9.17) is 0 Å². The van der Waals surface area contributed by atoms with Crippen molar-refractivity contribution in [1.29, 1.82) is 0 Å². The molecule has 1 fully saturated rings. The molecule has 1 atom stereocenters. The van der Waals surface area contributed by atoms with Gasteiger partial charge >= 0.3 is 5.00 Å². The first-order valence-electron chi connectivity index (χ1n) is 5.80. The molecule has 0 saturated carbocycles. The fourth-order valence-electron chi connectivity index (χ4n) is 2.17. The van der Waals surface area contributed by atoms with Gasteiger partial charge in [0.25, 0.3) is 5.91 Å². The molecule has 2 rings (SSSR count). The van der Waals surface area contributed by atoms with Gasteiger partial charge in [-0.05, 0) is 32.0 Å². The number of carbonyl (C=O) groups is 1. The van der Waals surface area contributed by atoms with Crippen molar-refractivity contribution >= 4 is 34.7 Å². The molecular weight excluding hydrogens is 290 g/mol. The van der Waals surface area contributed by atoms with Crippen molar-refractivity contribution in [2.45, 2.75) is 6.42 Å². The molecule has 1 aromatic heterocycles. The molecule has 1 saturated heterocycles. The van der Waals surface area contributed by atoms with E-state index in [1.54, 1.807) is 4.90 Å². The van der Waals surface area contributed by atoms with Gasteiger partial charge < -0.3 is 10.2 Å². The number of carbonyl (C=O) groups excluding carboxylic acids is 1. The smallest absolute Gasteiger partial charge is 0.324 e. The topological polar surface area (TPSA) is 75.5 Å². The summed E-state index contributed by atoms with van der Waals surface area (Å²) in [5.74, 6) is 0.389. The number of amides is 1. The molecule has 1 aliphatic heterocycles. The second-order valence-electron chi connectivity index (χ2n) is 4.36. The molecule has 0 aromatic carbocycles. The van der Waals surface area contributed by atoms with Crippen LogP contribution in [0.15, 0.2) is 12.1 Å². The zero-order valence-corrected chi connectivity index (χ0v) is 12.1. The standard InChI is InChI=1S/C11H15N3O3S.ClH/c1-12-6-8-4-5-13(7-8)11(15)9-2-3-10(18-9)14(16)17;/h2-3,8,12H,4-7H2,1H3;1H. The highest BCUT2D eigenvalue weighted by molar-refractivity contribution is 7.17. The Kier molecular flexibility index (Phi) is 5.71. The lowest BCUT2D eigenvalue weighted by molar-refractivity contribution is -0.380. The molecule has 8 heteroatoms. The molecule has 0 spiro atoms. The normalized spacial score (nSPS) is 18.2. The van der Waals surface area contributed by atoms with E-state index < -0.39 is 4.92 Å². The Morgan fingerprint density at radius 1 is 1.63 bits per heavy atom. The molecule has 1 N–H and O–H groups in total. The van der Waals surface area contributed by atoms with E-state index >= 15 is 0 Å². The first-order valence-corrected chi connectivity index (χ1v) is 6.61. The molecule has 0 aliphatic carbocycles. The second kappa shape index (κ2) is 6.83. The Bertz CT molecular complexity index is 466. The van der Waals surface area contributed by atoms with Gasteiger partial charge in [-0.3, -0.25) is 14.9 Å². The number of hydrogen-bond donors (Lipinski definition) is 1. The van der Waals surface area contributed by atoms with Gasteiger partial charge in [-0.25, -0.2) is 0 Å². The number of nitro groups is 1. The third-order valence-electron chi connectivity index (χ3n) is 3.05. The van der Waals surface area contributed by atoms with Crippen LogP contribution in [-0.2, 0) is 0 Å². The summed E-state index contributed by atoms with van der Waals surface area (Å²) in [5, 5.41) is 13.7. The van der Waals surface area contributed by atoms with E-state index in [-0.39, 0.29) is 23.3 Å². The van der Waals surface area contributed by atoms with E-state index in [0.29, 0.717) is 10.8 Å². The second-order valence-corrected chi connectivity index (χ2v) is 5.42. The Morgan fingerprint density at radius 2 is 2.37 bits per heavy atom. The summed E-state index contributed by atoms with van der Waals surface area (Å²) in [4.78, 5) is 24.5. The van der Waals surface area contributed by atoms with Gasteiger partial charge in [0.2, 0.25) is 0 Å². The maximum absolute atomic E-state index is 12.1. The molecule has 19 heavy (non-hydrogen) atoms. The number of likely N-dealkylation sites (tertiary alicyclic amines) is 1. The molecule has 1 aromatic rings. The molecule has 6 nitrogen and oxygen atoms in total. The van der Waals surface area contributed by atoms with Crippen LogP contribution in [0.3, 0.4) is 0 Å². The summed E-state index contributed by atoms with van der Waals surface area (Å²) in [7, 11) is 1.90. The quantitative estimate of drug-likeness (QED) is 0.679. The molecule has 1 unspecified atom stereocenters. The molecule has 1 amide bonds. The van der Waals surface area contributed by atoms with Crippen LogP contribution in [0.2, 0.25) is 0 Å². The number of nitrogens with one attached hydrogen (secondary N) is 1. The Hall–Kier alpha value is -1.18. The molecular formula is C11H16ClN3O3S. The largest absolute Gasteiger partial charge is 0.338 e.